The van der Waals surface area contributed by atoms with E-state index in [1.54, 1.807) is 23.2 Å². The van der Waals surface area contributed by atoms with Gasteiger partial charge in [0.1, 0.15) is 5.82 Å². The summed E-state index contributed by atoms with van der Waals surface area (Å²) in [7, 11) is -0.119. The molecule has 2 N–H and O–H groups in total. The van der Waals surface area contributed by atoms with Crippen molar-refractivity contribution in [3.8, 4) is 0 Å². The highest BCUT2D eigenvalue weighted by atomic mass is 31.1. The van der Waals surface area contributed by atoms with E-state index in [0.29, 0.717) is 12.1 Å². The third kappa shape index (κ3) is 3.58. The third-order valence-corrected chi connectivity index (χ3v) is 9.03. The number of carbonyl (C=O) groups is 1. The molecule has 0 radical (unpaired) electrons. The Morgan fingerprint density at radius 2 is 2.27 bits per heavy atom. The van der Waals surface area contributed by atoms with Crippen LogP contribution in [0.4, 0.5) is 4.39 Å². The zero-order valence-corrected chi connectivity index (χ0v) is 16.0. The third-order valence-electron chi connectivity index (χ3n) is 6.07. The molecule has 140 valence electrons. The maximum absolute atomic E-state index is 14.4. The van der Waals surface area contributed by atoms with E-state index in [1.165, 1.54) is 31.7 Å². The highest BCUT2D eigenvalue weighted by Gasteiger charge is 2.39. The van der Waals surface area contributed by atoms with Crippen LogP contribution in [0.15, 0.2) is 29.6 Å². The summed E-state index contributed by atoms with van der Waals surface area (Å²) in [6.07, 6.45) is 6.25. The standard InChI is InChI=1S/C20H26FN2O2P/c1-13-6-14-8-17(7-13)19-4-5-23(12-26(19)11-14)10-16-3-2-15(9-18(16)21)20(24)22-25/h2-3,9,11,13,17,19,25H,4-8,10,12H2,1H3,(H,22,24). The highest BCUT2D eigenvalue weighted by molar-refractivity contribution is 7.61. The van der Waals surface area contributed by atoms with Gasteiger partial charge in [-0.1, -0.05) is 32.3 Å². The van der Waals surface area contributed by atoms with Gasteiger partial charge >= 0.3 is 0 Å². The van der Waals surface area contributed by atoms with E-state index in [0.717, 1.165) is 30.3 Å². The molecule has 0 spiro atoms. The lowest BCUT2D eigenvalue weighted by Gasteiger charge is -2.47. The van der Waals surface area contributed by atoms with E-state index in [1.807, 2.05) is 0 Å². The van der Waals surface area contributed by atoms with Gasteiger partial charge < -0.3 is 0 Å². The maximum atomic E-state index is 14.4. The summed E-state index contributed by atoms with van der Waals surface area (Å²) in [4.78, 5) is 13.8. The Morgan fingerprint density at radius 1 is 1.42 bits per heavy atom. The van der Waals surface area contributed by atoms with Crippen molar-refractivity contribution >= 4 is 13.8 Å². The molecule has 4 unspecified atom stereocenters. The Labute approximate surface area is 155 Å². The first kappa shape index (κ1) is 18.1. The summed E-state index contributed by atoms with van der Waals surface area (Å²) < 4.78 is 14.4. The van der Waals surface area contributed by atoms with Crippen LogP contribution >= 0.6 is 7.92 Å². The first-order valence-corrected chi connectivity index (χ1v) is 11.1. The number of fused-ring (bicyclic) bond motifs is 4. The molecular weight excluding hydrogens is 350 g/mol. The van der Waals surface area contributed by atoms with Crippen molar-refractivity contribution in [1.82, 2.24) is 10.4 Å². The van der Waals surface area contributed by atoms with E-state index >= 15 is 0 Å². The van der Waals surface area contributed by atoms with Gasteiger partial charge in [0.15, 0.2) is 0 Å². The number of halogens is 1. The second-order valence-corrected chi connectivity index (χ2v) is 10.3. The molecule has 2 heterocycles. The van der Waals surface area contributed by atoms with Crippen molar-refractivity contribution < 1.29 is 14.4 Å². The van der Waals surface area contributed by atoms with Crippen LogP contribution < -0.4 is 5.48 Å². The quantitative estimate of drug-likeness (QED) is 0.470. The Balaban J connectivity index is 1.45. The molecule has 1 aromatic carbocycles. The number of amides is 1. The summed E-state index contributed by atoms with van der Waals surface area (Å²) in [6, 6.07) is 4.43. The van der Waals surface area contributed by atoms with Crippen LogP contribution in [0.1, 0.15) is 48.5 Å². The zero-order chi connectivity index (χ0) is 18.3. The summed E-state index contributed by atoms with van der Waals surface area (Å²) in [5.41, 5.74) is 4.82. The zero-order valence-electron chi connectivity index (χ0n) is 15.1. The Hall–Kier alpha value is -1.29. The Morgan fingerprint density at radius 3 is 3.04 bits per heavy atom. The second-order valence-electron chi connectivity index (χ2n) is 8.11. The molecule has 2 fully saturated rings. The SMILES string of the molecule is CC1CC2=CP3CN(Cc4ccc(C(=O)NO)cc4F)CCC3C(C2)C1. The van der Waals surface area contributed by atoms with Gasteiger partial charge in [0, 0.05) is 24.0 Å². The molecule has 4 atom stereocenters. The molecule has 1 saturated heterocycles. The predicted molar refractivity (Wildman–Crippen MR) is 101 cm³/mol. The molecular formula is C20H26FN2O2P. The lowest BCUT2D eigenvalue weighted by Crippen LogP contribution is -2.39. The van der Waals surface area contributed by atoms with Crippen LogP contribution in [0, 0.1) is 17.7 Å². The minimum Gasteiger partial charge on any atom is -0.295 e. The fourth-order valence-corrected chi connectivity index (χ4v) is 8.05. The molecule has 4 rings (SSSR count). The van der Waals surface area contributed by atoms with Gasteiger partial charge in [-0.3, -0.25) is 14.9 Å². The van der Waals surface area contributed by atoms with Crippen LogP contribution in [0.3, 0.4) is 0 Å². The summed E-state index contributed by atoms with van der Waals surface area (Å²) in [5, 5.41) is 8.67. The predicted octanol–water partition coefficient (Wildman–Crippen LogP) is 4.29. The van der Waals surface area contributed by atoms with Gasteiger partial charge in [-0.15, -0.1) is 0 Å². The van der Waals surface area contributed by atoms with Gasteiger partial charge in [-0.25, -0.2) is 9.87 Å². The first-order valence-electron chi connectivity index (χ1n) is 9.44. The Bertz CT molecular complexity index is 739. The lowest BCUT2D eigenvalue weighted by molar-refractivity contribution is 0.0706. The molecule has 4 nitrogen and oxygen atoms in total. The highest BCUT2D eigenvalue weighted by Crippen LogP contribution is 2.59. The number of benzene rings is 1. The summed E-state index contributed by atoms with van der Waals surface area (Å²) in [6.45, 7) is 3.99. The van der Waals surface area contributed by atoms with E-state index in [9.17, 15) is 9.18 Å². The molecule has 1 aliphatic carbocycles. The van der Waals surface area contributed by atoms with Crippen molar-refractivity contribution in [3.05, 3.63) is 46.5 Å². The fraction of sp³-hybridized carbons (Fsp3) is 0.550. The van der Waals surface area contributed by atoms with Crippen LogP contribution in [0.25, 0.3) is 0 Å². The molecule has 2 aliphatic heterocycles. The average Bonchev–Trinajstić information content (AvgIpc) is 2.62. The van der Waals surface area contributed by atoms with E-state index in [2.05, 4.69) is 17.6 Å². The van der Waals surface area contributed by atoms with E-state index in [4.69, 9.17) is 5.21 Å². The van der Waals surface area contributed by atoms with Crippen molar-refractivity contribution in [2.24, 2.45) is 11.8 Å². The van der Waals surface area contributed by atoms with E-state index in [-0.39, 0.29) is 19.3 Å². The number of hydrogen-bond acceptors (Lipinski definition) is 3. The van der Waals surface area contributed by atoms with Gasteiger partial charge in [0.25, 0.3) is 5.91 Å². The number of carbonyl (C=O) groups excluding carboxylic acids is 1. The van der Waals surface area contributed by atoms with Crippen LogP contribution in [0.5, 0.6) is 0 Å². The molecule has 1 amide bonds. The monoisotopic (exact) mass is 376 g/mol. The van der Waals surface area contributed by atoms with Gasteiger partial charge in [0.05, 0.1) is 0 Å². The molecule has 2 bridgehead atoms. The van der Waals surface area contributed by atoms with Crippen LogP contribution in [-0.2, 0) is 6.54 Å². The van der Waals surface area contributed by atoms with Crippen LogP contribution in [0.2, 0.25) is 0 Å². The van der Waals surface area contributed by atoms with Gasteiger partial charge in [-0.05, 0) is 61.9 Å². The number of nitrogens with zero attached hydrogens (tertiary/aromatic N) is 1. The van der Waals surface area contributed by atoms with Gasteiger partial charge in [-0.2, -0.15) is 0 Å². The van der Waals surface area contributed by atoms with Crippen molar-refractivity contribution in [1.29, 1.82) is 0 Å². The first-order chi connectivity index (χ1) is 12.5. The number of allylic oxidation sites excluding steroid dienone is 1. The summed E-state index contributed by atoms with van der Waals surface area (Å²) in [5.74, 6) is 3.23. The molecule has 1 aromatic rings. The topological polar surface area (TPSA) is 52.6 Å². The number of hydrogen-bond donors (Lipinski definition) is 2. The normalized spacial score (nSPS) is 31.1. The lowest BCUT2D eigenvalue weighted by atomic mass is 9.77. The molecule has 3 aliphatic rings. The fourth-order valence-electron chi connectivity index (χ4n) is 4.97. The van der Waals surface area contributed by atoms with Crippen molar-refractivity contribution in [2.75, 3.05) is 12.8 Å². The molecule has 6 heteroatoms. The van der Waals surface area contributed by atoms with E-state index < -0.39 is 5.91 Å². The molecule has 26 heavy (non-hydrogen) atoms. The number of hydroxylamine groups is 1. The minimum atomic E-state index is -0.686. The maximum Gasteiger partial charge on any atom is 0.274 e. The second kappa shape index (κ2) is 7.38. The minimum absolute atomic E-state index is 0.119. The number of nitrogens with one attached hydrogen (secondary N) is 1. The molecule has 0 aromatic heterocycles. The largest absolute Gasteiger partial charge is 0.295 e. The average molecular weight is 376 g/mol. The van der Waals surface area contributed by atoms with Crippen molar-refractivity contribution in [3.63, 3.8) is 0 Å². The smallest absolute Gasteiger partial charge is 0.274 e. The van der Waals surface area contributed by atoms with Crippen molar-refractivity contribution in [2.45, 2.75) is 44.8 Å². The molecule has 1 saturated carbocycles. The summed E-state index contributed by atoms with van der Waals surface area (Å²) >= 11 is 0. The van der Waals surface area contributed by atoms with Gasteiger partial charge in [0.2, 0.25) is 0 Å². The number of rotatable bonds is 3. The Kier molecular flexibility index (Phi) is 5.13. The van der Waals surface area contributed by atoms with Crippen LogP contribution in [-0.4, -0.2) is 34.5 Å².